The molecule has 1 amide bonds. The van der Waals surface area contributed by atoms with E-state index in [0.717, 1.165) is 5.69 Å². The smallest absolute Gasteiger partial charge is 0.252 e. The molecule has 2 aromatic carbocycles. The molecule has 0 fully saturated rings. The zero-order valence-electron chi connectivity index (χ0n) is 11.8. The monoisotopic (exact) mass is 488 g/mol. The summed E-state index contributed by atoms with van der Waals surface area (Å²) in [6.45, 7) is 2.03. The summed E-state index contributed by atoms with van der Waals surface area (Å²) in [5.74, 6) is -0.159. The van der Waals surface area contributed by atoms with Gasteiger partial charge in [-0.2, -0.15) is 0 Å². The van der Waals surface area contributed by atoms with Crippen molar-refractivity contribution < 1.29 is 4.79 Å². The van der Waals surface area contributed by atoms with Gasteiger partial charge in [0, 0.05) is 11.3 Å². The summed E-state index contributed by atoms with van der Waals surface area (Å²) < 4.78 is -0.678. The molecule has 2 aromatic rings. The molecule has 0 heterocycles. The molecule has 116 valence electrons. The number of rotatable bonds is 4. The number of anilines is 1. The first-order valence-electron chi connectivity index (χ1n) is 6.62. The summed E-state index contributed by atoms with van der Waals surface area (Å²) in [6, 6.07) is 17.1. The Balaban J connectivity index is 2.13. The van der Waals surface area contributed by atoms with Gasteiger partial charge in [0.25, 0.3) is 5.91 Å². The highest BCUT2D eigenvalue weighted by Crippen LogP contribution is 2.37. The third-order valence-corrected chi connectivity index (χ3v) is 4.37. The van der Waals surface area contributed by atoms with E-state index in [9.17, 15) is 4.79 Å². The van der Waals surface area contributed by atoms with Gasteiger partial charge in [0.15, 0.2) is 2.14 Å². The van der Waals surface area contributed by atoms with Gasteiger partial charge in [-0.15, -0.1) is 0 Å². The summed E-state index contributed by atoms with van der Waals surface area (Å²) in [6.07, 6.45) is -0.414. The average molecular weight is 491 g/mol. The second-order valence-electron chi connectivity index (χ2n) is 4.82. The normalized spacial score (nSPS) is 12.5. The molecule has 0 aliphatic rings. The highest BCUT2D eigenvalue weighted by Gasteiger charge is 2.32. The van der Waals surface area contributed by atoms with Gasteiger partial charge in [-0.3, -0.25) is 4.79 Å². The Morgan fingerprint density at radius 3 is 2.14 bits per heavy atom. The lowest BCUT2D eigenvalue weighted by atomic mass is 10.2. The van der Waals surface area contributed by atoms with Gasteiger partial charge in [0.05, 0.1) is 0 Å². The average Bonchev–Trinajstić information content (AvgIpc) is 2.48. The van der Waals surface area contributed by atoms with Crippen LogP contribution in [-0.4, -0.2) is 14.2 Å². The minimum absolute atomic E-state index is 0.159. The predicted octanol–water partition coefficient (Wildman–Crippen LogP) is 5.00. The van der Waals surface area contributed by atoms with Crippen molar-refractivity contribution >= 4 is 59.4 Å². The van der Waals surface area contributed by atoms with E-state index < -0.39 is 8.31 Å². The number of halogens is 3. The van der Waals surface area contributed by atoms with E-state index in [4.69, 9.17) is 0 Å². The van der Waals surface area contributed by atoms with E-state index in [0.29, 0.717) is 5.56 Å². The first-order chi connectivity index (χ1) is 10.4. The summed E-state index contributed by atoms with van der Waals surface area (Å²) >= 11 is 10.4. The number of carbonyl (C=O) groups excluding carboxylic acids is 1. The van der Waals surface area contributed by atoms with E-state index in [1.54, 1.807) is 12.1 Å². The van der Waals surface area contributed by atoms with Crippen LogP contribution in [0.3, 0.4) is 0 Å². The number of nitrogens with one attached hydrogen (secondary N) is 2. The largest absolute Gasteiger partial charge is 0.363 e. The fourth-order valence-corrected chi connectivity index (χ4v) is 2.51. The Morgan fingerprint density at radius 1 is 1.00 bits per heavy atom. The number of aryl methyl sites for hydroxylation is 1. The Kier molecular flexibility index (Phi) is 6.06. The van der Waals surface area contributed by atoms with Crippen LogP contribution in [0.1, 0.15) is 15.9 Å². The third kappa shape index (κ3) is 5.11. The van der Waals surface area contributed by atoms with Crippen molar-refractivity contribution in [3.8, 4) is 0 Å². The number of amides is 1. The van der Waals surface area contributed by atoms with E-state index in [1.807, 2.05) is 49.4 Å². The summed E-state index contributed by atoms with van der Waals surface area (Å²) in [7, 11) is 0. The Bertz CT molecular complexity index is 624. The van der Waals surface area contributed by atoms with Crippen LogP contribution in [0.2, 0.25) is 0 Å². The highest BCUT2D eigenvalue weighted by molar-refractivity contribution is 9.39. The van der Waals surface area contributed by atoms with Crippen LogP contribution in [-0.2, 0) is 0 Å². The maximum absolute atomic E-state index is 12.3. The molecule has 1 unspecified atom stereocenters. The lowest BCUT2D eigenvalue weighted by Crippen LogP contribution is -2.48. The Morgan fingerprint density at radius 2 is 1.59 bits per heavy atom. The van der Waals surface area contributed by atoms with Crippen LogP contribution in [0.25, 0.3) is 0 Å². The second-order valence-corrected chi connectivity index (χ2v) is 11.8. The first-order valence-corrected chi connectivity index (χ1v) is 9.00. The zero-order chi connectivity index (χ0) is 16.2. The third-order valence-electron chi connectivity index (χ3n) is 3.00. The van der Waals surface area contributed by atoms with Gasteiger partial charge in [-0.25, -0.2) is 0 Å². The molecule has 3 nitrogen and oxygen atoms in total. The molecular weight excluding hydrogens is 476 g/mol. The van der Waals surface area contributed by atoms with Crippen molar-refractivity contribution in [2.24, 2.45) is 0 Å². The van der Waals surface area contributed by atoms with Crippen LogP contribution < -0.4 is 10.6 Å². The maximum atomic E-state index is 12.3. The Hall–Kier alpha value is -0.850. The minimum Gasteiger partial charge on any atom is -0.363 e. The van der Waals surface area contributed by atoms with Crippen LogP contribution in [0, 0.1) is 6.92 Å². The van der Waals surface area contributed by atoms with Gasteiger partial charge < -0.3 is 10.6 Å². The molecule has 1 atom stereocenters. The van der Waals surface area contributed by atoms with Crippen molar-refractivity contribution in [2.75, 3.05) is 5.32 Å². The van der Waals surface area contributed by atoms with Crippen LogP contribution in [0.4, 0.5) is 5.69 Å². The number of carbonyl (C=O) groups is 1. The molecule has 0 radical (unpaired) electrons. The van der Waals surface area contributed by atoms with E-state index in [1.165, 1.54) is 5.56 Å². The van der Waals surface area contributed by atoms with Gasteiger partial charge >= 0.3 is 0 Å². The Labute approximate surface area is 155 Å². The van der Waals surface area contributed by atoms with Crippen LogP contribution in [0.15, 0.2) is 54.6 Å². The standard InChI is InChI=1S/C16H15Br3N2O/c1-11-7-9-13(10-8-11)20-15(16(17,18)19)21-14(22)12-5-3-2-4-6-12/h2-10,15,20H,1H3,(H,21,22). The summed E-state index contributed by atoms with van der Waals surface area (Å²) in [5, 5.41) is 6.22. The number of benzene rings is 2. The molecule has 6 heteroatoms. The van der Waals surface area contributed by atoms with E-state index in [2.05, 4.69) is 58.4 Å². The van der Waals surface area contributed by atoms with E-state index >= 15 is 0 Å². The second kappa shape index (κ2) is 7.62. The van der Waals surface area contributed by atoms with Crippen LogP contribution in [0.5, 0.6) is 0 Å². The highest BCUT2D eigenvalue weighted by atomic mass is 80.0. The molecule has 0 aliphatic heterocycles. The van der Waals surface area contributed by atoms with Crippen molar-refractivity contribution in [3.05, 3.63) is 65.7 Å². The van der Waals surface area contributed by atoms with Crippen LogP contribution >= 0.6 is 47.8 Å². The molecule has 0 saturated carbocycles. The molecule has 2 N–H and O–H groups in total. The topological polar surface area (TPSA) is 41.1 Å². The fraction of sp³-hybridized carbons (Fsp3) is 0.188. The minimum atomic E-state index is -0.678. The summed E-state index contributed by atoms with van der Waals surface area (Å²) in [5.41, 5.74) is 2.69. The van der Waals surface area contributed by atoms with Crippen molar-refractivity contribution in [2.45, 2.75) is 15.2 Å². The fourth-order valence-electron chi connectivity index (χ4n) is 1.82. The lowest BCUT2D eigenvalue weighted by molar-refractivity contribution is 0.0943. The zero-order valence-corrected chi connectivity index (χ0v) is 16.6. The first kappa shape index (κ1) is 17.5. The molecule has 0 saturated heterocycles. The SMILES string of the molecule is Cc1ccc(NC(NC(=O)c2ccccc2)C(Br)(Br)Br)cc1. The number of hydrogen-bond donors (Lipinski definition) is 2. The van der Waals surface area contributed by atoms with Gasteiger partial charge in [0.2, 0.25) is 0 Å². The summed E-state index contributed by atoms with van der Waals surface area (Å²) in [4.78, 5) is 12.3. The molecule has 22 heavy (non-hydrogen) atoms. The number of hydrogen-bond acceptors (Lipinski definition) is 2. The molecular formula is C16H15Br3N2O. The molecule has 0 aliphatic carbocycles. The molecule has 0 bridgehead atoms. The molecule has 0 spiro atoms. The maximum Gasteiger partial charge on any atom is 0.252 e. The molecule has 0 aromatic heterocycles. The van der Waals surface area contributed by atoms with Gasteiger partial charge in [-0.1, -0.05) is 83.7 Å². The van der Waals surface area contributed by atoms with Gasteiger partial charge in [0.1, 0.15) is 6.17 Å². The quantitative estimate of drug-likeness (QED) is 0.467. The van der Waals surface area contributed by atoms with E-state index in [-0.39, 0.29) is 5.91 Å². The molecule has 2 rings (SSSR count). The van der Waals surface area contributed by atoms with Crippen molar-refractivity contribution in [1.29, 1.82) is 0 Å². The number of alkyl halides is 3. The van der Waals surface area contributed by atoms with Crippen molar-refractivity contribution in [1.82, 2.24) is 5.32 Å². The predicted molar refractivity (Wildman–Crippen MR) is 102 cm³/mol. The lowest BCUT2D eigenvalue weighted by Gasteiger charge is -2.28. The van der Waals surface area contributed by atoms with Crippen molar-refractivity contribution in [3.63, 3.8) is 0 Å². The van der Waals surface area contributed by atoms with Gasteiger partial charge in [-0.05, 0) is 31.2 Å².